The number of primary sulfonamides is 1. The van der Waals surface area contributed by atoms with Gasteiger partial charge in [0.15, 0.2) is 0 Å². The summed E-state index contributed by atoms with van der Waals surface area (Å²) in [7, 11) is -3.65. The van der Waals surface area contributed by atoms with E-state index in [1.54, 1.807) is 19.1 Å². The first kappa shape index (κ1) is 14.7. The van der Waals surface area contributed by atoms with Crippen molar-refractivity contribution >= 4 is 10.0 Å². The minimum absolute atomic E-state index is 0.104. The Morgan fingerprint density at radius 2 is 1.45 bits per heavy atom. The number of benzene rings is 2. The van der Waals surface area contributed by atoms with Gasteiger partial charge in [0.05, 0.1) is 11.0 Å². The third kappa shape index (κ3) is 3.66. The molecule has 0 heterocycles. The number of aliphatic hydroxyl groups is 1. The van der Waals surface area contributed by atoms with Crippen LogP contribution in [-0.2, 0) is 16.4 Å². The lowest BCUT2D eigenvalue weighted by Crippen LogP contribution is -2.11. The van der Waals surface area contributed by atoms with Gasteiger partial charge in [-0.3, -0.25) is 0 Å². The molecule has 106 valence electrons. The Morgan fingerprint density at radius 1 is 1.00 bits per heavy atom. The molecule has 0 amide bonds. The second-order valence-electron chi connectivity index (χ2n) is 4.82. The van der Waals surface area contributed by atoms with E-state index in [2.05, 4.69) is 0 Å². The van der Waals surface area contributed by atoms with Crippen molar-refractivity contribution in [3.8, 4) is 11.1 Å². The highest BCUT2D eigenvalue weighted by Gasteiger charge is 2.07. The SMILES string of the molecule is CC(O)Cc1ccc(-c2ccc(S(N)(=O)=O)cc2)cc1. The van der Waals surface area contributed by atoms with E-state index in [4.69, 9.17) is 5.14 Å². The van der Waals surface area contributed by atoms with Gasteiger partial charge in [0.1, 0.15) is 0 Å². The first-order valence-corrected chi connectivity index (χ1v) is 7.81. The van der Waals surface area contributed by atoms with E-state index in [0.717, 1.165) is 16.7 Å². The molecule has 0 aliphatic rings. The Kier molecular flexibility index (Phi) is 4.23. The van der Waals surface area contributed by atoms with Gasteiger partial charge in [-0.05, 0) is 42.2 Å². The van der Waals surface area contributed by atoms with Crippen LogP contribution in [0, 0.1) is 0 Å². The van der Waals surface area contributed by atoms with Crippen LogP contribution < -0.4 is 5.14 Å². The van der Waals surface area contributed by atoms with Crippen molar-refractivity contribution in [2.75, 3.05) is 0 Å². The average molecular weight is 291 g/mol. The van der Waals surface area contributed by atoms with Crippen LogP contribution in [0.3, 0.4) is 0 Å². The predicted octanol–water partition coefficient (Wildman–Crippen LogP) is 1.92. The molecule has 0 aliphatic carbocycles. The maximum Gasteiger partial charge on any atom is 0.238 e. The van der Waals surface area contributed by atoms with Crippen LogP contribution in [0.4, 0.5) is 0 Å². The summed E-state index contributed by atoms with van der Waals surface area (Å²) in [5.74, 6) is 0. The first-order valence-electron chi connectivity index (χ1n) is 6.26. The monoisotopic (exact) mass is 291 g/mol. The maximum absolute atomic E-state index is 11.2. The molecule has 0 saturated heterocycles. The molecule has 20 heavy (non-hydrogen) atoms. The van der Waals surface area contributed by atoms with Gasteiger partial charge in [-0.1, -0.05) is 36.4 Å². The van der Waals surface area contributed by atoms with Crippen molar-refractivity contribution in [1.82, 2.24) is 0 Å². The van der Waals surface area contributed by atoms with Crippen molar-refractivity contribution in [3.05, 3.63) is 54.1 Å². The van der Waals surface area contributed by atoms with Crippen molar-refractivity contribution < 1.29 is 13.5 Å². The highest BCUT2D eigenvalue weighted by molar-refractivity contribution is 7.89. The fraction of sp³-hybridized carbons (Fsp3) is 0.200. The van der Waals surface area contributed by atoms with E-state index in [9.17, 15) is 13.5 Å². The van der Waals surface area contributed by atoms with Crippen LogP contribution in [0.1, 0.15) is 12.5 Å². The van der Waals surface area contributed by atoms with Crippen molar-refractivity contribution in [3.63, 3.8) is 0 Å². The molecule has 2 rings (SSSR count). The summed E-state index contributed by atoms with van der Waals surface area (Å²) >= 11 is 0. The van der Waals surface area contributed by atoms with Crippen molar-refractivity contribution in [2.45, 2.75) is 24.3 Å². The number of aliphatic hydroxyl groups excluding tert-OH is 1. The molecule has 1 atom stereocenters. The summed E-state index contributed by atoms with van der Waals surface area (Å²) < 4.78 is 22.4. The molecule has 0 aromatic heterocycles. The zero-order chi connectivity index (χ0) is 14.8. The molecule has 1 unspecified atom stereocenters. The van der Waals surface area contributed by atoms with Gasteiger partial charge in [0.25, 0.3) is 0 Å². The molecular formula is C15H17NO3S. The van der Waals surface area contributed by atoms with Gasteiger partial charge in [-0.15, -0.1) is 0 Å². The molecule has 2 aromatic rings. The molecule has 3 N–H and O–H groups in total. The maximum atomic E-state index is 11.2. The van der Waals surface area contributed by atoms with Crippen molar-refractivity contribution in [1.29, 1.82) is 0 Å². The Bertz CT molecular complexity index is 674. The molecule has 2 aromatic carbocycles. The molecule has 0 fully saturated rings. The Labute approximate surface area is 118 Å². The summed E-state index contributed by atoms with van der Waals surface area (Å²) in [5, 5.41) is 14.4. The lowest BCUT2D eigenvalue weighted by atomic mass is 10.0. The van der Waals surface area contributed by atoms with Gasteiger partial charge in [-0.2, -0.15) is 0 Å². The minimum Gasteiger partial charge on any atom is -0.393 e. The molecule has 4 nitrogen and oxygen atoms in total. The van der Waals surface area contributed by atoms with Crippen LogP contribution in [0.5, 0.6) is 0 Å². The summed E-state index contributed by atoms with van der Waals surface area (Å²) in [6.07, 6.45) is 0.250. The van der Waals surface area contributed by atoms with E-state index in [0.29, 0.717) is 6.42 Å². The smallest absolute Gasteiger partial charge is 0.238 e. The van der Waals surface area contributed by atoms with Gasteiger partial charge < -0.3 is 5.11 Å². The average Bonchev–Trinajstić information content (AvgIpc) is 2.38. The normalized spacial score (nSPS) is 13.2. The Hall–Kier alpha value is -1.69. The number of nitrogens with two attached hydrogens (primary N) is 1. The first-order chi connectivity index (χ1) is 9.36. The number of hydrogen-bond donors (Lipinski definition) is 2. The zero-order valence-electron chi connectivity index (χ0n) is 11.2. The highest BCUT2D eigenvalue weighted by Crippen LogP contribution is 2.21. The van der Waals surface area contributed by atoms with Crippen LogP contribution in [0.25, 0.3) is 11.1 Å². The van der Waals surface area contributed by atoms with E-state index in [1.807, 2.05) is 24.3 Å². The zero-order valence-corrected chi connectivity index (χ0v) is 12.0. The largest absolute Gasteiger partial charge is 0.393 e. The van der Waals surface area contributed by atoms with E-state index in [-0.39, 0.29) is 11.0 Å². The van der Waals surface area contributed by atoms with Crippen molar-refractivity contribution in [2.24, 2.45) is 5.14 Å². The van der Waals surface area contributed by atoms with Crippen LogP contribution in [0.2, 0.25) is 0 Å². The topological polar surface area (TPSA) is 80.4 Å². The fourth-order valence-electron chi connectivity index (χ4n) is 2.01. The van der Waals surface area contributed by atoms with E-state index >= 15 is 0 Å². The van der Waals surface area contributed by atoms with E-state index in [1.165, 1.54) is 12.1 Å². The van der Waals surface area contributed by atoms with Gasteiger partial charge in [-0.25, -0.2) is 13.6 Å². The molecule has 0 bridgehead atoms. The minimum atomic E-state index is -3.65. The number of sulfonamides is 1. The third-order valence-electron chi connectivity index (χ3n) is 3.00. The van der Waals surface area contributed by atoms with Gasteiger partial charge >= 0.3 is 0 Å². The van der Waals surface area contributed by atoms with E-state index < -0.39 is 10.0 Å². The van der Waals surface area contributed by atoms with Gasteiger partial charge in [0, 0.05) is 0 Å². The molecule has 0 saturated carbocycles. The molecule has 0 aliphatic heterocycles. The summed E-state index contributed by atoms with van der Waals surface area (Å²) in [4.78, 5) is 0.104. The molecule has 0 spiro atoms. The Morgan fingerprint density at radius 3 is 1.85 bits per heavy atom. The standard InChI is InChI=1S/C15H17NO3S/c1-11(17)10-12-2-4-13(5-3-12)14-6-8-15(9-7-14)20(16,18)19/h2-9,11,17H,10H2,1H3,(H2,16,18,19). The Balaban J connectivity index is 2.24. The summed E-state index contributed by atoms with van der Waals surface area (Å²) in [6.45, 7) is 1.75. The van der Waals surface area contributed by atoms with Crippen LogP contribution >= 0.6 is 0 Å². The molecule has 5 heteroatoms. The summed E-state index contributed by atoms with van der Waals surface area (Å²) in [6, 6.07) is 14.2. The number of hydrogen-bond acceptors (Lipinski definition) is 3. The lowest BCUT2D eigenvalue weighted by Gasteiger charge is -2.07. The second-order valence-corrected chi connectivity index (χ2v) is 6.38. The molecular weight excluding hydrogens is 274 g/mol. The number of rotatable bonds is 4. The summed E-state index contributed by atoms with van der Waals surface area (Å²) in [5.41, 5.74) is 2.96. The second kappa shape index (κ2) is 5.75. The quantitative estimate of drug-likeness (QED) is 0.903. The lowest BCUT2D eigenvalue weighted by molar-refractivity contribution is 0.195. The highest BCUT2D eigenvalue weighted by atomic mass is 32.2. The fourth-order valence-corrected chi connectivity index (χ4v) is 2.53. The van der Waals surface area contributed by atoms with Crippen LogP contribution in [-0.4, -0.2) is 19.6 Å². The predicted molar refractivity (Wildman–Crippen MR) is 78.6 cm³/mol. The third-order valence-corrected chi connectivity index (χ3v) is 3.93. The molecule has 0 radical (unpaired) electrons. The van der Waals surface area contributed by atoms with Gasteiger partial charge in [0.2, 0.25) is 10.0 Å². The van der Waals surface area contributed by atoms with Crippen LogP contribution in [0.15, 0.2) is 53.4 Å².